The van der Waals surface area contributed by atoms with Gasteiger partial charge in [-0.05, 0) is 72.9 Å². The largest absolute Gasteiger partial charge is 0.484 e. The molecule has 4 rings (SSSR count). The minimum atomic E-state index is -0.227. The third-order valence-corrected chi connectivity index (χ3v) is 5.35. The second kappa shape index (κ2) is 9.04. The van der Waals surface area contributed by atoms with Gasteiger partial charge in [-0.15, -0.1) is 0 Å². The van der Waals surface area contributed by atoms with Crippen molar-refractivity contribution in [2.24, 2.45) is 0 Å². The van der Waals surface area contributed by atoms with Crippen LogP contribution in [0.4, 0.5) is 5.69 Å². The third kappa shape index (κ3) is 4.94. The first kappa shape index (κ1) is 20.7. The van der Waals surface area contributed by atoms with Crippen LogP contribution in [0.5, 0.6) is 5.75 Å². The van der Waals surface area contributed by atoms with E-state index in [4.69, 9.17) is 9.15 Å². The fraction of sp³-hybridized carbons (Fsp3) is 0.231. The van der Waals surface area contributed by atoms with Crippen LogP contribution < -0.4 is 10.1 Å². The standard InChI is InChI=1S/C26H26N2O3/c1-4-18(3)19-11-12-24-23(15-19)28-26(31-24)20-8-6-9-21(14-20)27-25(29)16-30-22-10-5-7-17(2)13-22/h5-15,18H,4,16H2,1-3H3,(H,27,29). The lowest BCUT2D eigenvalue weighted by Gasteiger charge is -2.08. The number of anilines is 1. The van der Waals surface area contributed by atoms with E-state index < -0.39 is 0 Å². The number of hydrogen-bond acceptors (Lipinski definition) is 4. The van der Waals surface area contributed by atoms with Gasteiger partial charge in [0.2, 0.25) is 5.89 Å². The van der Waals surface area contributed by atoms with Gasteiger partial charge in [0.05, 0.1) is 0 Å². The van der Waals surface area contributed by atoms with E-state index in [0.717, 1.165) is 28.6 Å². The Morgan fingerprint density at radius 1 is 1.10 bits per heavy atom. The first-order valence-corrected chi connectivity index (χ1v) is 10.5. The van der Waals surface area contributed by atoms with Gasteiger partial charge >= 0.3 is 0 Å². The Morgan fingerprint density at radius 2 is 1.94 bits per heavy atom. The highest BCUT2D eigenvalue weighted by Gasteiger charge is 2.12. The lowest BCUT2D eigenvalue weighted by atomic mass is 9.98. The van der Waals surface area contributed by atoms with Gasteiger partial charge in [-0.25, -0.2) is 4.98 Å². The third-order valence-electron chi connectivity index (χ3n) is 5.35. The van der Waals surface area contributed by atoms with Crippen LogP contribution in [-0.2, 0) is 4.79 Å². The van der Waals surface area contributed by atoms with E-state index in [1.165, 1.54) is 5.56 Å². The number of aromatic nitrogens is 1. The predicted molar refractivity (Wildman–Crippen MR) is 123 cm³/mol. The van der Waals surface area contributed by atoms with Gasteiger partial charge in [-0.2, -0.15) is 0 Å². The Morgan fingerprint density at radius 3 is 2.74 bits per heavy atom. The molecule has 0 radical (unpaired) electrons. The van der Waals surface area contributed by atoms with Gasteiger partial charge in [0, 0.05) is 11.3 Å². The summed E-state index contributed by atoms with van der Waals surface area (Å²) in [5.74, 6) is 1.45. The summed E-state index contributed by atoms with van der Waals surface area (Å²) in [5, 5.41) is 2.87. The fourth-order valence-electron chi connectivity index (χ4n) is 3.39. The van der Waals surface area contributed by atoms with Gasteiger partial charge in [-0.3, -0.25) is 4.79 Å². The molecule has 158 valence electrons. The van der Waals surface area contributed by atoms with Crippen molar-refractivity contribution in [3.63, 3.8) is 0 Å². The number of rotatable bonds is 7. The lowest BCUT2D eigenvalue weighted by Crippen LogP contribution is -2.20. The molecular formula is C26H26N2O3. The van der Waals surface area contributed by atoms with Gasteiger partial charge in [-0.1, -0.05) is 38.1 Å². The molecule has 0 fully saturated rings. The van der Waals surface area contributed by atoms with E-state index in [2.05, 4.69) is 36.3 Å². The SMILES string of the molecule is CCC(C)c1ccc2oc(-c3cccc(NC(=O)COc4cccc(C)c4)c3)nc2c1. The number of aryl methyl sites for hydroxylation is 1. The molecule has 4 aromatic rings. The van der Waals surface area contributed by atoms with Gasteiger partial charge < -0.3 is 14.5 Å². The summed E-state index contributed by atoms with van der Waals surface area (Å²) < 4.78 is 11.5. The highest BCUT2D eigenvalue weighted by atomic mass is 16.5. The maximum Gasteiger partial charge on any atom is 0.262 e. The quantitative estimate of drug-likeness (QED) is 0.383. The molecule has 0 saturated heterocycles. The van der Waals surface area contributed by atoms with E-state index in [-0.39, 0.29) is 12.5 Å². The molecule has 0 saturated carbocycles. The second-order valence-electron chi connectivity index (χ2n) is 7.79. The van der Waals surface area contributed by atoms with Crippen molar-refractivity contribution in [3.05, 3.63) is 77.9 Å². The van der Waals surface area contributed by atoms with Crippen LogP contribution in [-0.4, -0.2) is 17.5 Å². The molecule has 0 bridgehead atoms. The van der Waals surface area contributed by atoms with Crippen molar-refractivity contribution >= 4 is 22.7 Å². The molecule has 5 heteroatoms. The highest BCUT2D eigenvalue weighted by Crippen LogP contribution is 2.29. The number of nitrogens with one attached hydrogen (secondary N) is 1. The zero-order chi connectivity index (χ0) is 21.8. The molecule has 1 aromatic heterocycles. The zero-order valence-corrected chi connectivity index (χ0v) is 18.0. The first-order chi connectivity index (χ1) is 15.0. The summed E-state index contributed by atoms with van der Waals surface area (Å²) in [6.07, 6.45) is 1.07. The monoisotopic (exact) mass is 414 g/mol. The van der Waals surface area contributed by atoms with Crippen molar-refractivity contribution in [2.45, 2.75) is 33.1 Å². The van der Waals surface area contributed by atoms with Crippen LogP contribution in [0, 0.1) is 6.92 Å². The van der Waals surface area contributed by atoms with Crippen LogP contribution in [0.2, 0.25) is 0 Å². The number of fused-ring (bicyclic) bond motifs is 1. The number of carbonyl (C=O) groups is 1. The molecule has 1 unspecified atom stereocenters. The fourth-order valence-corrected chi connectivity index (χ4v) is 3.39. The smallest absolute Gasteiger partial charge is 0.262 e. The van der Waals surface area contributed by atoms with E-state index in [1.807, 2.05) is 61.5 Å². The number of amides is 1. The maximum absolute atomic E-state index is 12.3. The van der Waals surface area contributed by atoms with Crippen molar-refractivity contribution < 1.29 is 13.9 Å². The summed E-state index contributed by atoms with van der Waals surface area (Å²) in [7, 11) is 0. The van der Waals surface area contributed by atoms with Crippen LogP contribution >= 0.6 is 0 Å². The molecule has 0 aliphatic rings. The number of ether oxygens (including phenoxy) is 1. The summed E-state index contributed by atoms with van der Waals surface area (Å²) in [4.78, 5) is 17.0. The predicted octanol–water partition coefficient (Wildman–Crippen LogP) is 6.33. The molecule has 31 heavy (non-hydrogen) atoms. The number of nitrogens with zero attached hydrogens (tertiary/aromatic N) is 1. The first-order valence-electron chi connectivity index (χ1n) is 10.5. The van der Waals surface area contributed by atoms with E-state index in [9.17, 15) is 4.79 Å². The summed E-state index contributed by atoms with van der Waals surface area (Å²) in [5.41, 5.74) is 5.40. The van der Waals surface area contributed by atoms with Crippen molar-refractivity contribution in [3.8, 4) is 17.2 Å². The summed E-state index contributed by atoms with van der Waals surface area (Å²) >= 11 is 0. The molecule has 1 atom stereocenters. The van der Waals surface area contributed by atoms with Gasteiger partial charge in [0.25, 0.3) is 5.91 Å². The highest BCUT2D eigenvalue weighted by molar-refractivity contribution is 5.92. The molecule has 1 amide bonds. The molecule has 0 aliphatic carbocycles. The number of oxazole rings is 1. The normalized spacial score (nSPS) is 12.0. The minimum absolute atomic E-state index is 0.0606. The van der Waals surface area contributed by atoms with Gasteiger partial charge in [0.15, 0.2) is 12.2 Å². The molecular weight excluding hydrogens is 388 g/mol. The molecule has 5 nitrogen and oxygen atoms in total. The van der Waals surface area contributed by atoms with Crippen molar-refractivity contribution in [1.29, 1.82) is 0 Å². The van der Waals surface area contributed by atoms with Crippen LogP contribution in [0.1, 0.15) is 37.3 Å². The second-order valence-corrected chi connectivity index (χ2v) is 7.79. The van der Waals surface area contributed by atoms with Gasteiger partial charge in [0.1, 0.15) is 11.3 Å². The Bertz CT molecular complexity index is 1210. The molecule has 3 aromatic carbocycles. The Balaban J connectivity index is 1.47. The van der Waals surface area contributed by atoms with E-state index >= 15 is 0 Å². The van der Waals surface area contributed by atoms with Crippen molar-refractivity contribution in [2.75, 3.05) is 11.9 Å². The summed E-state index contributed by atoms with van der Waals surface area (Å²) in [6.45, 7) is 6.30. The average molecular weight is 415 g/mol. The average Bonchev–Trinajstić information content (AvgIpc) is 3.21. The molecule has 0 spiro atoms. The molecule has 1 heterocycles. The lowest BCUT2D eigenvalue weighted by molar-refractivity contribution is -0.118. The Labute approximate surface area is 182 Å². The molecule has 1 N–H and O–H groups in total. The topological polar surface area (TPSA) is 64.4 Å². The Hall–Kier alpha value is -3.60. The Kier molecular flexibility index (Phi) is 6.03. The maximum atomic E-state index is 12.3. The zero-order valence-electron chi connectivity index (χ0n) is 18.0. The minimum Gasteiger partial charge on any atom is -0.484 e. The van der Waals surface area contributed by atoms with E-state index in [0.29, 0.717) is 23.2 Å². The molecule has 0 aliphatic heterocycles. The number of benzene rings is 3. The summed E-state index contributed by atoms with van der Waals surface area (Å²) in [6, 6.07) is 21.2. The van der Waals surface area contributed by atoms with E-state index in [1.54, 1.807) is 0 Å². The van der Waals surface area contributed by atoms with Crippen LogP contribution in [0.3, 0.4) is 0 Å². The van der Waals surface area contributed by atoms with Crippen molar-refractivity contribution in [1.82, 2.24) is 4.98 Å². The van der Waals surface area contributed by atoms with Crippen LogP contribution in [0.25, 0.3) is 22.6 Å². The van der Waals surface area contributed by atoms with Crippen LogP contribution in [0.15, 0.2) is 71.1 Å². The number of carbonyl (C=O) groups excluding carboxylic acids is 1. The number of hydrogen-bond donors (Lipinski definition) is 1.